The summed E-state index contributed by atoms with van der Waals surface area (Å²) in [6, 6.07) is 18.4. The van der Waals surface area contributed by atoms with E-state index in [0.29, 0.717) is 51.4 Å². The van der Waals surface area contributed by atoms with Gasteiger partial charge in [-0.05, 0) is 62.5 Å². The van der Waals surface area contributed by atoms with Crippen LogP contribution in [0.3, 0.4) is 0 Å². The first-order valence-electron chi connectivity index (χ1n) is 15.3. The van der Waals surface area contributed by atoms with Crippen molar-refractivity contribution in [1.82, 2.24) is 4.90 Å². The van der Waals surface area contributed by atoms with Gasteiger partial charge in [0.05, 0.1) is 23.3 Å². The smallest absolute Gasteiger partial charge is 0.238 e. The number of carbonyl (C=O) groups excluding carboxylic acids is 2. The molecule has 2 atom stereocenters. The molecule has 1 aliphatic rings. The summed E-state index contributed by atoms with van der Waals surface area (Å²) in [5.74, 6) is -0.950. The van der Waals surface area contributed by atoms with Crippen LogP contribution >= 0.6 is 0 Å². The maximum absolute atomic E-state index is 15.1. The molecule has 2 aromatic rings. The van der Waals surface area contributed by atoms with Crippen molar-refractivity contribution in [3.05, 3.63) is 71.8 Å². The van der Waals surface area contributed by atoms with Gasteiger partial charge in [-0.25, -0.2) is 0 Å². The monoisotopic (exact) mass is 550 g/mol. The fourth-order valence-corrected chi connectivity index (χ4v) is 6.68. The number of aliphatic hydroxyl groups is 2. The second-order valence-corrected chi connectivity index (χ2v) is 11.8. The Bertz CT molecular complexity index is 1010. The zero-order chi connectivity index (χ0) is 29.4. The van der Waals surface area contributed by atoms with Gasteiger partial charge >= 0.3 is 0 Å². The SMILES string of the molecule is CCC(O)(CC)C(Cc1ccccc1)N(C(=O)C1(C(N)=O)CCCCC1)C(Cc1ccccc1)C(O)(CC)CC. The summed E-state index contributed by atoms with van der Waals surface area (Å²) in [7, 11) is 0. The van der Waals surface area contributed by atoms with Crippen LogP contribution in [0, 0.1) is 5.41 Å². The van der Waals surface area contributed by atoms with Gasteiger partial charge in [0.15, 0.2) is 0 Å². The van der Waals surface area contributed by atoms with Crippen molar-refractivity contribution in [1.29, 1.82) is 0 Å². The normalized spacial score (nSPS) is 17.1. The van der Waals surface area contributed by atoms with Gasteiger partial charge in [0.1, 0.15) is 5.41 Å². The molecule has 0 saturated heterocycles. The van der Waals surface area contributed by atoms with Crippen molar-refractivity contribution in [2.45, 2.75) is 122 Å². The average molecular weight is 551 g/mol. The Morgan fingerprint density at radius 3 is 1.45 bits per heavy atom. The predicted octanol–water partition coefficient (Wildman–Crippen LogP) is 5.58. The minimum atomic E-state index is -1.35. The van der Waals surface area contributed by atoms with E-state index >= 15 is 4.79 Å². The van der Waals surface area contributed by atoms with Crippen LogP contribution in [0.15, 0.2) is 60.7 Å². The zero-order valence-corrected chi connectivity index (χ0v) is 24.9. The highest BCUT2D eigenvalue weighted by Gasteiger charge is 2.55. The molecule has 3 rings (SSSR count). The quantitative estimate of drug-likeness (QED) is 0.267. The van der Waals surface area contributed by atoms with Crippen molar-refractivity contribution >= 4 is 11.8 Å². The highest BCUT2D eigenvalue weighted by molar-refractivity contribution is 6.04. The maximum Gasteiger partial charge on any atom is 0.238 e. The standard InChI is InChI=1S/C34H50N2O4/c1-5-33(39,6-2)28(24-26-18-12-9-13-19-26)36(31(38)32(30(35)37)22-16-11-17-23-32)29(34(40,7-3)8-4)25-27-20-14-10-15-21-27/h9-10,12-15,18-21,28-29,39-40H,5-8,11,16-17,22-25H2,1-4H3,(H2,35,37). The van der Waals surface area contributed by atoms with E-state index in [4.69, 9.17) is 5.73 Å². The fourth-order valence-electron chi connectivity index (χ4n) is 6.68. The van der Waals surface area contributed by atoms with Crippen LogP contribution in [0.4, 0.5) is 0 Å². The summed E-state index contributed by atoms with van der Waals surface area (Å²) < 4.78 is 0. The summed E-state index contributed by atoms with van der Waals surface area (Å²) in [6.45, 7) is 7.75. The topological polar surface area (TPSA) is 104 Å². The van der Waals surface area contributed by atoms with Crippen molar-refractivity contribution in [3.63, 3.8) is 0 Å². The number of primary amides is 1. The summed E-state index contributed by atoms with van der Waals surface area (Å²) in [5.41, 5.74) is 4.22. The van der Waals surface area contributed by atoms with Crippen molar-refractivity contribution < 1.29 is 19.8 Å². The summed E-state index contributed by atoms with van der Waals surface area (Å²) in [6.07, 6.45) is 5.69. The van der Waals surface area contributed by atoms with Gasteiger partial charge in [-0.1, -0.05) is 108 Å². The van der Waals surface area contributed by atoms with E-state index in [0.717, 1.165) is 30.4 Å². The fraction of sp³-hybridized carbons (Fsp3) is 0.588. The van der Waals surface area contributed by atoms with Crippen LogP contribution in [-0.2, 0) is 22.4 Å². The average Bonchev–Trinajstić information content (AvgIpc) is 3.00. The molecule has 0 bridgehead atoms. The molecule has 0 heterocycles. The molecular weight excluding hydrogens is 500 g/mol. The first-order chi connectivity index (χ1) is 19.1. The van der Waals surface area contributed by atoms with E-state index < -0.39 is 34.6 Å². The zero-order valence-electron chi connectivity index (χ0n) is 24.9. The van der Waals surface area contributed by atoms with Gasteiger partial charge in [0, 0.05) is 0 Å². The Morgan fingerprint density at radius 1 is 0.750 bits per heavy atom. The second-order valence-electron chi connectivity index (χ2n) is 11.8. The molecule has 0 aromatic heterocycles. The largest absolute Gasteiger partial charge is 0.388 e. The highest BCUT2D eigenvalue weighted by Crippen LogP contribution is 2.43. The van der Waals surface area contributed by atoms with Gasteiger partial charge in [0.25, 0.3) is 0 Å². The number of rotatable bonds is 14. The molecule has 2 amide bonds. The molecule has 220 valence electrons. The van der Waals surface area contributed by atoms with E-state index in [2.05, 4.69) is 0 Å². The number of nitrogens with zero attached hydrogens (tertiary/aromatic N) is 1. The van der Waals surface area contributed by atoms with E-state index in [1.165, 1.54) is 0 Å². The molecule has 40 heavy (non-hydrogen) atoms. The summed E-state index contributed by atoms with van der Waals surface area (Å²) >= 11 is 0. The van der Waals surface area contributed by atoms with Crippen LogP contribution in [-0.4, -0.2) is 50.2 Å². The van der Waals surface area contributed by atoms with E-state index in [9.17, 15) is 15.0 Å². The van der Waals surface area contributed by atoms with Crippen molar-refractivity contribution in [3.8, 4) is 0 Å². The van der Waals surface area contributed by atoms with Gasteiger partial charge in [0.2, 0.25) is 11.8 Å². The molecule has 6 heteroatoms. The minimum absolute atomic E-state index is 0.345. The second kappa shape index (κ2) is 13.8. The third-order valence-electron chi connectivity index (χ3n) is 9.73. The van der Waals surface area contributed by atoms with Crippen molar-refractivity contribution in [2.75, 3.05) is 0 Å². The third kappa shape index (κ3) is 6.60. The molecule has 2 unspecified atom stereocenters. The maximum atomic E-state index is 15.1. The molecule has 1 saturated carbocycles. The Hall–Kier alpha value is -2.70. The minimum Gasteiger partial charge on any atom is -0.388 e. The number of amides is 2. The molecule has 0 aliphatic heterocycles. The van der Waals surface area contributed by atoms with E-state index in [-0.39, 0.29) is 5.91 Å². The third-order valence-corrected chi connectivity index (χ3v) is 9.73. The van der Waals surface area contributed by atoms with Crippen LogP contribution in [0.5, 0.6) is 0 Å². The Balaban J connectivity index is 2.32. The van der Waals surface area contributed by atoms with Crippen LogP contribution in [0.25, 0.3) is 0 Å². The van der Waals surface area contributed by atoms with Gasteiger partial charge in [-0.2, -0.15) is 0 Å². The van der Waals surface area contributed by atoms with E-state index in [1.807, 2.05) is 88.4 Å². The molecule has 0 spiro atoms. The number of benzene rings is 2. The highest BCUT2D eigenvalue weighted by atomic mass is 16.3. The van der Waals surface area contributed by atoms with Crippen LogP contribution in [0.2, 0.25) is 0 Å². The number of hydrogen-bond donors (Lipinski definition) is 3. The van der Waals surface area contributed by atoms with Crippen molar-refractivity contribution in [2.24, 2.45) is 11.1 Å². The summed E-state index contributed by atoms with van der Waals surface area (Å²) in [4.78, 5) is 30.0. The molecular formula is C34H50N2O4. The predicted molar refractivity (Wildman–Crippen MR) is 160 cm³/mol. The Labute approximate surface area is 241 Å². The lowest BCUT2D eigenvalue weighted by molar-refractivity contribution is -0.173. The molecule has 0 radical (unpaired) electrons. The van der Waals surface area contributed by atoms with Gasteiger partial charge < -0.3 is 20.8 Å². The van der Waals surface area contributed by atoms with Crippen LogP contribution in [0.1, 0.15) is 96.6 Å². The first kappa shape index (κ1) is 31.8. The number of nitrogens with two attached hydrogens (primary N) is 1. The first-order valence-corrected chi connectivity index (χ1v) is 15.3. The number of carbonyl (C=O) groups is 2. The lowest BCUT2D eigenvalue weighted by Gasteiger charge is -2.53. The van der Waals surface area contributed by atoms with Gasteiger partial charge in [-0.3, -0.25) is 9.59 Å². The molecule has 6 nitrogen and oxygen atoms in total. The molecule has 1 aliphatic carbocycles. The summed E-state index contributed by atoms with van der Waals surface area (Å²) in [5, 5.41) is 24.4. The number of hydrogen-bond acceptors (Lipinski definition) is 4. The lowest BCUT2D eigenvalue weighted by atomic mass is 9.70. The Morgan fingerprint density at radius 2 is 1.12 bits per heavy atom. The van der Waals surface area contributed by atoms with E-state index in [1.54, 1.807) is 4.90 Å². The van der Waals surface area contributed by atoms with Crippen LogP contribution < -0.4 is 5.73 Å². The van der Waals surface area contributed by atoms with Gasteiger partial charge in [-0.15, -0.1) is 0 Å². The molecule has 2 aromatic carbocycles. The lowest BCUT2D eigenvalue weighted by Crippen LogP contribution is -2.68. The molecule has 1 fully saturated rings. The Kier molecular flexibility index (Phi) is 11.0. The molecule has 4 N–H and O–H groups in total.